The van der Waals surface area contributed by atoms with Gasteiger partial charge in [-0.2, -0.15) is 0 Å². The quantitative estimate of drug-likeness (QED) is 0.170. The maximum Gasteiger partial charge on any atom is 0.264 e. The van der Waals surface area contributed by atoms with E-state index in [1.807, 2.05) is 75.4 Å². The van der Waals surface area contributed by atoms with Crippen molar-refractivity contribution in [2.45, 2.75) is 57.1 Å². The van der Waals surface area contributed by atoms with Crippen LogP contribution >= 0.6 is 15.9 Å². The lowest BCUT2D eigenvalue weighted by atomic mass is 10.0. The van der Waals surface area contributed by atoms with E-state index in [2.05, 4.69) is 21.2 Å². The number of aryl methyl sites for hydroxylation is 1. The molecule has 1 N–H and O–H groups in total. The van der Waals surface area contributed by atoms with Gasteiger partial charge in [0.15, 0.2) is 0 Å². The Labute approximate surface area is 273 Å². The van der Waals surface area contributed by atoms with Gasteiger partial charge in [0, 0.05) is 23.5 Å². The number of carbonyl (C=O) groups excluding carboxylic acids is 2. The monoisotopic (exact) mass is 693 g/mol. The van der Waals surface area contributed by atoms with E-state index in [0.29, 0.717) is 6.42 Å². The molecule has 0 unspecified atom stereocenters. The van der Waals surface area contributed by atoms with E-state index >= 15 is 0 Å². The Morgan fingerprint density at radius 1 is 0.867 bits per heavy atom. The van der Waals surface area contributed by atoms with E-state index in [1.54, 1.807) is 24.3 Å². The summed E-state index contributed by atoms with van der Waals surface area (Å²) in [5.74, 6) is -1.48. The number of halogens is 2. The summed E-state index contributed by atoms with van der Waals surface area (Å²) in [4.78, 5) is 29.6. The predicted molar refractivity (Wildman–Crippen MR) is 179 cm³/mol. The van der Waals surface area contributed by atoms with Crippen molar-refractivity contribution >= 4 is 43.5 Å². The number of amides is 2. The van der Waals surface area contributed by atoms with Gasteiger partial charge < -0.3 is 10.2 Å². The van der Waals surface area contributed by atoms with Gasteiger partial charge in [-0.1, -0.05) is 83.0 Å². The molecule has 0 spiro atoms. The fourth-order valence-electron chi connectivity index (χ4n) is 4.76. The smallest absolute Gasteiger partial charge is 0.264 e. The van der Waals surface area contributed by atoms with Crippen LogP contribution in [0.4, 0.5) is 10.1 Å². The van der Waals surface area contributed by atoms with Gasteiger partial charge in [-0.15, -0.1) is 0 Å². The highest BCUT2D eigenvalue weighted by Crippen LogP contribution is 2.26. The second kappa shape index (κ2) is 15.3. The van der Waals surface area contributed by atoms with Crippen LogP contribution in [0, 0.1) is 12.7 Å². The number of nitrogens with zero attached hydrogens (tertiary/aromatic N) is 2. The van der Waals surface area contributed by atoms with E-state index in [4.69, 9.17) is 0 Å². The van der Waals surface area contributed by atoms with Crippen LogP contribution in [0.25, 0.3) is 0 Å². The highest BCUT2D eigenvalue weighted by molar-refractivity contribution is 9.10. The maximum absolute atomic E-state index is 14.5. The molecule has 45 heavy (non-hydrogen) atoms. The van der Waals surface area contributed by atoms with Gasteiger partial charge in [0.1, 0.15) is 18.4 Å². The maximum atomic E-state index is 14.5. The molecule has 4 rings (SSSR count). The van der Waals surface area contributed by atoms with Crippen molar-refractivity contribution in [2.24, 2.45) is 0 Å². The Bertz CT molecular complexity index is 1680. The highest BCUT2D eigenvalue weighted by Gasteiger charge is 2.35. The first-order valence-electron chi connectivity index (χ1n) is 14.7. The molecular formula is C35H37BrFN3O4S. The molecule has 0 saturated heterocycles. The molecule has 0 aliphatic rings. The van der Waals surface area contributed by atoms with Gasteiger partial charge in [0.05, 0.1) is 10.6 Å². The van der Waals surface area contributed by atoms with Gasteiger partial charge >= 0.3 is 0 Å². The summed E-state index contributed by atoms with van der Waals surface area (Å²) < 4.78 is 43.6. The standard InChI is InChI=1S/C35H37BrFN3O4S/c1-4-26(3)38-35(42)33(22-27-8-6-5-7-9-27)39(23-28-12-14-29(36)15-13-28)34(41)24-40(31-18-10-25(2)11-19-31)45(43,44)32-20-16-30(37)17-21-32/h5-21,26,33H,4,22-24H2,1-3H3,(H,38,42)/t26-,33-/m1/s1. The predicted octanol–water partition coefficient (Wildman–Crippen LogP) is 6.65. The van der Waals surface area contributed by atoms with E-state index in [-0.39, 0.29) is 35.5 Å². The van der Waals surface area contributed by atoms with Gasteiger partial charge in [0.2, 0.25) is 11.8 Å². The molecular weight excluding hydrogens is 657 g/mol. The van der Waals surface area contributed by atoms with Crippen LogP contribution in [0.15, 0.2) is 112 Å². The molecule has 7 nitrogen and oxygen atoms in total. The third-order valence-corrected chi connectivity index (χ3v) is 9.86. The number of carbonyl (C=O) groups is 2. The van der Waals surface area contributed by atoms with Crippen molar-refractivity contribution in [3.63, 3.8) is 0 Å². The molecule has 0 bridgehead atoms. The largest absolute Gasteiger partial charge is 0.352 e. The number of sulfonamides is 1. The summed E-state index contributed by atoms with van der Waals surface area (Å²) in [7, 11) is -4.31. The first-order valence-corrected chi connectivity index (χ1v) is 16.9. The van der Waals surface area contributed by atoms with Crippen LogP contribution in [0.3, 0.4) is 0 Å². The Morgan fingerprint density at radius 2 is 1.49 bits per heavy atom. The molecule has 0 heterocycles. The minimum atomic E-state index is -4.31. The molecule has 0 fully saturated rings. The molecule has 4 aromatic rings. The van der Waals surface area contributed by atoms with Crippen molar-refractivity contribution in [3.05, 3.63) is 130 Å². The van der Waals surface area contributed by atoms with E-state index in [1.165, 1.54) is 17.0 Å². The summed E-state index contributed by atoms with van der Waals surface area (Å²) >= 11 is 3.44. The minimum absolute atomic E-state index is 0.0654. The zero-order chi connectivity index (χ0) is 32.6. The number of rotatable bonds is 13. The Kier molecular flexibility index (Phi) is 11.5. The fraction of sp³-hybridized carbons (Fsp3) is 0.257. The van der Waals surface area contributed by atoms with Crippen LogP contribution in [0.1, 0.15) is 37.0 Å². The molecule has 0 aromatic heterocycles. The molecule has 0 radical (unpaired) electrons. The SMILES string of the molecule is CC[C@@H](C)NC(=O)[C@@H](Cc1ccccc1)N(Cc1ccc(Br)cc1)C(=O)CN(c1ccc(C)cc1)S(=O)(=O)c1ccc(F)cc1. The van der Waals surface area contributed by atoms with Gasteiger partial charge in [-0.25, -0.2) is 12.8 Å². The first kappa shape index (κ1) is 33.9. The zero-order valence-corrected chi connectivity index (χ0v) is 27.9. The van der Waals surface area contributed by atoms with Crippen molar-refractivity contribution in [2.75, 3.05) is 10.8 Å². The summed E-state index contributed by atoms with van der Waals surface area (Å²) in [5.41, 5.74) is 2.80. The van der Waals surface area contributed by atoms with E-state index in [0.717, 1.165) is 37.6 Å². The molecule has 0 aliphatic carbocycles. The molecule has 2 atom stereocenters. The number of nitrogens with one attached hydrogen (secondary N) is 1. The minimum Gasteiger partial charge on any atom is -0.352 e. The van der Waals surface area contributed by atoms with E-state index in [9.17, 15) is 22.4 Å². The fourth-order valence-corrected chi connectivity index (χ4v) is 6.43. The van der Waals surface area contributed by atoms with Crippen LogP contribution in [-0.4, -0.2) is 43.8 Å². The summed E-state index contributed by atoms with van der Waals surface area (Å²) in [6.07, 6.45) is 0.919. The molecule has 236 valence electrons. The van der Waals surface area contributed by atoms with Gasteiger partial charge in [-0.05, 0) is 79.9 Å². The summed E-state index contributed by atoms with van der Waals surface area (Å²) in [5, 5.41) is 3.03. The molecule has 0 saturated carbocycles. The number of benzene rings is 4. The van der Waals surface area contributed by atoms with Crippen molar-refractivity contribution in [1.82, 2.24) is 10.2 Å². The average Bonchev–Trinajstić information content (AvgIpc) is 3.03. The van der Waals surface area contributed by atoms with Gasteiger partial charge in [-0.3, -0.25) is 13.9 Å². The van der Waals surface area contributed by atoms with Crippen LogP contribution in [0.5, 0.6) is 0 Å². The number of hydrogen-bond donors (Lipinski definition) is 1. The molecule has 4 aromatic carbocycles. The Hall–Kier alpha value is -4.02. The lowest BCUT2D eigenvalue weighted by molar-refractivity contribution is -0.140. The normalized spacial score (nSPS) is 12.6. The van der Waals surface area contributed by atoms with Crippen molar-refractivity contribution in [1.29, 1.82) is 0 Å². The van der Waals surface area contributed by atoms with Gasteiger partial charge in [0.25, 0.3) is 10.0 Å². The molecule has 0 aliphatic heterocycles. The Balaban J connectivity index is 1.80. The lowest BCUT2D eigenvalue weighted by Gasteiger charge is -2.34. The topological polar surface area (TPSA) is 86.8 Å². The second-order valence-electron chi connectivity index (χ2n) is 11.0. The first-order chi connectivity index (χ1) is 21.5. The molecule has 10 heteroatoms. The van der Waals surface area contributed by atoms with Crippen LogP contribution in [-0.2, 0) is 32.6 Å². The summed E-state index contributed by atoms with van der Waals surface area (Å²) in [6, 6.07) is 27.0. The number of anilines is 1. The lowest BCUT2D eigenvalue weighted by Crippen LogP contribution is -2.54. The number of hydrogen-bond acceptors (Lipinski definition) is 4. The van der Waals surface area contributed by atoms with Crippen molar-refractivity contribution in [3.8, 4) is 0 Å². The Morgan fingerprint density at radius 3 is 2.09 bits per heavy atom. The molecule has 2 amide bonds. The van der Waals surface area contributed by atoms with E-state index < -0.39 is 34.3 Å². The third-order valence-electron chi connectivity index (χ3n) is 7.54. The van der Waals surface area contributed by atoms with Crippen LogP contribution < -0.4 is 9.62 Å². The van der Waals surface area contributed by atoms with Crippen LogP contribution in [0.2, 0.25) is 0 Å². The summed E-state index contributed by atoms with van der Waals surface area (Å²) in [6.45, 7) is 5.21. The zero-order valence-electron chi connectivity index (χ0n) is 25.5. The third kappa shape index (κ3) is 9.02. The second-order valence-corrected chi connectivity index (χ2v) is 13.8. The van der Waals surface area contributed by atoms with Crippen molar-refractivity contribution < 1.29 is 22.4 Å². The highest BCUT2D eigenvalue weighted by atomic mass is 79.9. The average molecular weight is 695 g/mol.